The molecule has 126 valence electrons. The number of fused-ring (bicyclic) bond motifs is 1. The molecule has 23 heavy (non-hydrogen) atoms. The molecule has 3 aliphatic heterocycles. The van der Waals surface area contributed by atoms with Crippen molar-refractivity contribution in [1.82, 2.24) is 4.90 Å². The zero-order chi connectivity index (χ0) is 16.2. The topological polar surface area (TPSA) is 55.8 Å². The van der Waals surface area contributed by atoms with Gasteiger partial charge in [0.2, 0.25) is 5.91 Å². The van der Waals surface area contributed by atoms with E-state index in [-0.39, 0.29) is 23.9 Å². The van der Waals surface area contributed by atoms with Crippen molar-refractivity contribution >= 4 is 11.9 Å². The zero-order valence-corrected chi connectivity index (χ0v) is 13.9. The van der Waals surface area contributed by atoms with Crippen molar-refractivity contribution in [3.63, 3.8) is 0 Å². The highest BCUT2D eigenvalue weighted by molar-refractivity contribution is 5.91. The molecular weight excluding hydrogens is 294 g/mol. The Morgan fingerprint density at radius 2 is 2.17 bits per heavy atom. The minimum Gasteiger partial charge on any atom is -0.465 e. The fraction of sp³-hybridized carbons (Fsp3) is 0.778. The third-order valence-corrected chi connectivity index (χ3v) is 5.73. The molecule has 2 bridgehead atoms. The highest BCUT2D eigenvalue weighted by atomic mass is 16.6. The van der Waals surface area contributed by atoms with Crippen LogP contribution in [-0.4, -0.2) is 47.7 Å². The molecule has 1 spiro atoms. The van der Waals surface area contributed by atoms with Crippen LogP contribution in [0.2, 0.25) is 0 Å². The summed E-state index contributed by atoms with van der Waals surface area (Å²) in [6.45, 7) is 5.01. The van der Waals surface area contributed by atoms with Gasteiger partial charge in [0.15, 0.2) is 0 Å². The molecule has 1 saturated carbocycles. The lowest BCUT2D eigenvalue weighted by atomic mass is 9.77. The van der Waals surface area contributed by atoms with E-state index in [0.717, 1.165) is 12.8 Å². The largest absolute Gasteiger partial charge is 0.465 e. The van der Waals surface area contributed by atoms with Crippen LogP contribution in [0.5, 0.6) is 0 Å². The summed E-state index contributed by atoms with van der Waals surface area (Å²) >= 11 is 0. The summed E-state index contributed by atoms with van der Waals surface area (Å²) in [5, 5.41) is 0. The predicted molar refractivity (Wildman–Crippen MR) is 83.5 cm³/mol. The van der Waals surface area contributed by atoms with Crippen LogP contribution < -0.4 is 0 Å². The molecule has 0 aromatic rings. The second-order valence-corrected chi connectivity index (χ2v) is 7.83. The van der Waals surface area contributed by atoms with E-state index in [1.807, 2.05) is 30.9 Å². The summed E-state index contributed by atoms with van der Waals surface area (Å²) in [4.78, 5) is 27.5. The Labute approximate surface area is 137 Å². The van der Waals surface area contributed by atoms with E-state index in [9.17, 15) is 9.59 Å². The molecule has 0 radical (unpaired) electrons. The van der Waals surface area contributed by atoms with Gasteiger partial charge in [-0.3, -0.25) is 9.59 Å². The summed E-state index contributed by atoms with van der Waals surface area (Å²) in [6, 6.07) is 0.325. The van der Waals surface area contributed by atoms with Gasteiger partial charge >= 0.3 is 5.97 Å². The first-order chi connectivity index (χ1) is 11.0. The molecule has 4 rings (SSSR count). The number of esters is 1. The molecule has 4 aliphatic rings. The third-order valence-electron chi connectivity index (χ3n) is 5.73. The summed E-state index contributed by atoms with van der Waals surface area (Å²) in [5.41, 5.74) is -0.591. The maximum Gasteiger partial charge on any atom is 0.312 e. The molecule has 1 aliphatic carbocycles. The molecule has 0 N–H and O–H groups in total. The zero-order valence-electron chi connectivity index (χ0n) is 13.9. The van der Waals surface area contributed by atoms with Crippen molar-refractivity contribution in [2.75, 3.05) is 13.2 Å². The van der Waals surface area contributed by atoms with E-state index < -0.39 is 17.4 Å². The first-order valence-corrected chi connectivity index (χ1v) is 8.86. The van der Waals surface area contributed by atoms with Crippen LogP contribution in [0.4, 0.5) is 0 Å². The summed E-state index contributed by atoms with van der Waals surface area (Å²) in [5.74, 6) is -0.760. The SMILES string of the molecule is CC(C)COC(=O)[C@H]1[C@@H]2C=C[C@]3(CN(C4CCCC4)C(=O)[C@H]13)O2. The van der Waals surface area contributed by atoms with Crippen LogP contribution in [-0.2, 0) is 19.1 Å². The van der Waals surface area contributed by atoms with Gasteiger partial charge in [-0.2, -0.15) is 0 Å². The monoisotopic (exact) mass is 319 g/mol. The highest BCUT2D eigenvalue weighted by Gasteiger charge is 2.67. The van der Waals surface area contributed by atoms with Gasteiger partial charge in [0.25, 0.3) is 0 Å². The van der Waals surface area contributed by atoms with Gasteiger partial charge in [-0.15, -0.1) is 0 Å². The molecule has 5 nitrogen and oxygen atoms in total. The number of amides is 1. The minimum absolute atomic E-state index is 0.0928. The van der Waals surface area contributed by atoms with Gasteiger partial charge in [0.1, 0.15) is 11.5 Å². The maximum absolute atomic E-state index is 13.0. The fourth-order valence-corrected chi connectivity index (χ4v) is 4.67. The summed E-state index contributed by atoms with van der Waals surface area (Å²) in [6.07, 6.45) is 8.18. The second kappa shape index (κ2) is 5.33. The Morgan fingerprint density at radius 1 is 1.43 bits per heavy atom. The van der Waals surface area contributed by atoms with Gasteiger partial charge in [0, 0.05) is 6.04 Å². The van der Waals surface area contributed by atoms with Crippen molar-refractivity contribution in [3.05, 3.63) is 12.2 Å². The summed E-state index contributed by atoms with van der Waals surface area (Å²) in [7, 11) is 0. The lowest BCUT2D eigenvalue weighted by molar-refractivity contribution is -0.155. The lowest BCUT2D eigenvalue weighted by Gasteiger charge is -2.26. The Morgan fingerprint density at radius 3 is 2.87 bits per heavy atom. The Bertz CT molecular complexity index is 551. The molecular formula is C18H25NO4. The molecule has 5 heteroatoms. The first-order valence-electron chi connectivity index (χ1n) is 8.86. The molecule has 0 aromatic heterocycles. The average Bonchev–Trinajstić information content (AvgIpc) is 3.25. The van der Waals surface area contributed by atoms with E-state index in [1.165, 1.54) is 12.8 Å². The smallest absolute Gasteiger partial charge is 0.312 e. The molecule has 0 aromatic carbocycles. The molecule has 0 unspecified atom stereocenters. The Balaban J connectivity index is 1.56. The van der Waals surface area contributed by atoms with Crippen LogP contribution in [0, 0.1) is 17.8 Å². The Hall–Kier alpha value is -1.36. The number of likely N-dealkylation sites (tertiary alicyclic amines) is 1. The second-order valence-electron chi connectivity index (χ2n) is 7.83. The quantitative estimate of drug-likeness (QED) is 0.587. The normalized spacial score (nSPS) is 38.8. The predicted octanol–water partition coefficient (Wildman–Crippen LogP) is 1.91. The number of rotatable bonds is 4. The number of carbonyl (C=O) groups excluding carboxylic acids is 2. The minimum atomic E-state index is -0.591. The third kappa shape index (κ3) is 2.24. The van der Waals surface area contributed by atoms with Crippen molar-refractivity contribution in [2.45, 2.75) is 57.3 Å². The number of nitrogens with zero attached hydrogens (tertiary/aromatic N) is 1. The van der Waals surface area contributed by atoms with Gasteiger partial charge in [-0.25, -0.2) is 0 Å². The number of carbonyl (C=O) groups is 2. The Kier molecular flexibility index (Phi) is 3.52. The van der Waals surface area contributed by atoms with Crippen LogP contribution in [0.3, 0.4) is 0 Å². The molecule has 3 heterocycles. The molecule has 3 fully saturated rings. The average molecular weight is 319 g/mol. The van der Waals surface area contributed by atoms with Crippen molar-refractivity contribution < 1.29 is 19.1 Å². The lowest BCUT2D eigenvalue weighted by Crippen LogP contribution is -2.41. The number of hydrogen-bond donors (Lipinski definition) is 0. The van der Waals surface area contributed by atoms with Gasteiger partial charge in [-0.05, 0) is 18.8 Å². The van der Waals surface area contributed by atoms with E-state index in [1.54, 1.807) is 0 Å². The van der Waals surface area contributed by atoms with Crippen molar-refractivity contribution in [1.29, 1.82) is 0 Å². The van der Waals surface area contributed by atoms with E-state index in [4.69, 9.17) is 9.47 Å². The first kappa shape index (κ1) is 15.2. The summed E-state index contributed by atoms with van der Waals surface area (Å²) < 4.78 is 11.5. The molecule has 1 amide bonds. The molecule has 2 saturated heterocycles. The number of hydrogen-bond acceptors (Lipinski definition) is 4. The van der Waals surface area contributed by atoms with Crippen LogP contribution in [0.1, 0.15) is 39.5 Å². The van der Waals surface area contributed by atoms with Gasteiger partial charge < -0.3 is 14.4 Å². The molecule has 4 atom stereocenters. The van der Waals surface area contributed by atoms with Crippen molar-refractivity contribution in [3.8, 4) is 0 Å². The van der Waals surface area contributed by atoms with Crippen LogP contribution in [0.25, 0.3) is 0 Å². The van der Waals surface area contributed by atoms with E-state index in [2.05, 4.69) is 0 Å². The highest BCUT2D eigenvalue weighted by Crippen LogP contribution is 2.53. The fourth-order valence-electron chi connectivity index (χ4n) is 4.67. The van der Waals surface area contributed by atoms with E-state index >= 15 is 0 Å². The van der Waals surface area contributed by atoms with Gasteiger partial charge in [-0.1, -0.05) is 38.8 Å². The maximum atomic E-state index is 13.0. The van der Waals surface area contributed by atoms with Crippen LogP contribution in [0.15, 0.2) is 12.2 Å². The number of ether oxygens (including phenoxy) is 2. The van der Waals surface area contributed by atoms with Crippen molar-refractivity contribution in [2.24, 2.45) is 17.8 Å². The van der Waals surface area contributed by atoms with Crippen LogP contribution >= 0.6 is 0 Å². The van der Waals surface area contributed by atoms with Gasteiger partial charge in [0.05, 0.1) is 25.2 Å². The van der Waals surface area contributed by atoms with E-state index in [0.29, 0.717) is 19.2 Å². The standard InChI is InChI=1S/C18H25NO4/c1-11(2)9-22-17(21)14-13-7-8-18(23-13)10-19(16(20)15(14)18)12-5-3-4-6-12/h7-8,11-15H,3-6,9-10H2,1-2H3/t13-,14-,15-,18+/m0/s1.